The lowest BCUT2D eigenvalue weighted by Gasteiger charge is -2.10. The van der Waals surface area contributed by atoms with Crippen molar-refractivity contribution in [1.82, 2.24) is 0 Å². The van der Waals surface area contributed by atoms with E-state index in [0.717, 1.165) is 16.7 Å². The van der Waals surface area contributed by atoms with Crippen LogP contribution >= 0.6 is 11.6 Å². The normalized spacial score (nSPS) is 11.2. The Morgan fingerprint density at radius 3 is 2.08 bits per heavy atom. The minimum atomic E-state index is -3.64. The number of anilines is 1. The van der Waals surface area contributed by atoms with Gasteiger partial charge in [0.2, 0.25) is 0 Å². The second kappa shape index (κ2) is 6.67. The van der Waals surface area contributed by atoms with E-state index < -0.39 is 10.0 Å². The highest BCUT2D eigenvalue weighted by Crippen LogP contribution is 2.24. The van der Waals surface area contributed by atoms with E-state index in [4.69, 9.17) is 11.6 Å². The Balaban J connectivity index is 1.84. The standard InChI is InChI=1S/C19H16ClNO2S/c1-14-13-18(11-12-19(14)20)24(22,23)21-17-9-7-16(8-10-17)15-5-3-2-4-6-15/h2-13,21H,1H3. The summed E-state index contributed by atoms with van der Waals surface area (Å²) in [5.74, 6) is 0. The molecule has 0 aliphatic rings. The third-order valence-corrected chi connectivity index (χ3v) is 5.49. The molecule has 0 saturated carbocycles. The molecule has 24 heavy (non-hydrogen) atoms. The van der Waals surface area contributed by atoms with Crippen molar-refractivity contribution < 1.29 is 8.42 Å². The van der Waals surface area contributed by atoms with E-state index >= 15 is 0 Å². The van der Waals surface area contributed by atoms with Crippen LogP contribution in [0.15, 0.2) is 77.7 Å². The van der Waals surface area contributed by atoms with Crippen molar-refractivity contribution in [2.24, 2.45) is 0 Å². The molecule has 0 heterocycles. The number of aryl methyl sites for hydroxylation is 1. The summed E-state index contributed by atoms with van der Waals surface area (Å²) >= 11 is 5.95. The van der Waals surface area contributed by atoms with Crippen LogP contribution in [0.5, 0.6) is 0 Å². The number of halogens is 1. The fourth-order valence-corrected chi connectivity index (χ4v) is 3.62. The Bertz CT molecular complexity index is 952. The summed E-state index contributed by atoms with van der Waals surface area (Å²) in [5, 5.41) is 0.543. The van der Waals surface area contributed by atoms with Gasteiger partial charge in [0.15, 0.2) is 0 Å². The largest absolute Gasteiger partial charge is 0.280 e. The average Bonchev–Trinajstić information content (AvgIpc) is 2.58. The molecule has 0 aliphatic heterocycles. The van der Waals surface area contributed by atoms with Crippen molar-refractivity contribution in [3.63, 3.8) is 0 Å². The van der Waals surface area contributed by atoms with Crippen LogP contribution in [-0.4, -0.2) is 8.42 Å². The second-order valence-electron chi connectivity index (χ2n) is 5.46. The van der Waals surface area contributed by atoms with Gasteiger partial charge in [0.25, 0.3) is 10.0 Å². The van der Waals surface area contributed by atoms with E-state index in [2.05, 4.69) is 4.72 Å². The van der Waals surface area contributed by atoms with Crippen LogP contribution in [0, 0.1) is 6.92 Å². The van der Waals surface area contributed by atoms with Crippen LogP contribution in [0.2, 0.25) is 5.02 Å². The van der Waals surface area contributed by atoms with Crippen LogP contribution < -0.4 is 4.72 Å². The molecule has 5 heteroatoms. The van der Waals surface area contributed by atoms with Crippen LogP contribution in [-0.2, 0) is 10.0 Å². The quantitative estimate of drug-likeness (QED) is 0.704. The third-order valence-electron chi connectivity index (χ3n) is 3.68. The molecule has 122 valence electrons. The number of hydrogen-bond donors (Lipinski definition) is 1. The first-order valence-corrected chi connectivity index (χ1v) is 9.26. The van der Waals surface area contributed by atoms with Crippen LogP contribution in [0.3, 0.4) is 0 Å². The van der Waals surface area contributed by atoms with Crippen LogP contribution in [0.4, 0.5) is 5.69 Å². The van der Waals surface area contributed by atoms with Gasteiger partial charge in [-0.25, -0.2) is 8.42 Å². The van der Waals surface area contributed by atoms with E-state index in [9.17, 15) is 8.42 Å². The van der Waals surface area contributed by atoms with Crippen molar-refractivity contribution in [3.8, 4) is 11.1 Å². The number of sulfonamides is 1. The van der Waals surface area contributed by atoms with Gasteiger partial charge in [-0.15, -0.1) is 0 Å². The number of benzene rings is 3. The number of nitrogens with one attached hydrogen (secondary N) is 1. The molecule has 0 unspecified atom stereocenters. The lowest BCUT2D eigenvalue weighted by molar-refractivity contribution is 0.601. The minimum absolute atomic E-state index is 0.191. The van der Waals surface area contributed by atoms with Gasteiger partial charge in [0, 0.05) is 10.7 Å². The maximum atomic E-state index is 12.5. The zero-order valence-electron chi connectivity index (χ0n) is 13.0. The van der Waals surface area contributed by atoms with Crippen molar-refractivity contribution >= 4 is 27.3 Å². The molecule has 0 amide bonds. The monoisotopic (exact) mass is 357 g/mol. The molecule has 0 spiro atoms. The molecular formula is C19H16ClNO2S. The summed E-state index contributed by atoms with van der Waals surface area (Å²) in [6, 6.07) is 21.8. The Morgan fingerprint density at radius 2 is 1.46 bits per heavy atom. The summed E-state index contributed by atoms with van der Waals surface area (Å²) in [6.07, 6.45) is 0. The molecule has 3 aromatic rings. The predicted octanol–water partition coefficient (Wildman–Crippen LogP) is 5.12. The van der Waals surface area contributed by atoms with Gasteiger partial charge in [0.05, 0.1) is 4.90 Å². The molecule has 0 radical (unpaired) electrons. The molecule has 3 rings (SSSR count). The SMILES string of the molecule is Cc1cc(S(=O)(=O)Nc2ccc(-c3ccccc3)cc2)ccc1Cl. The van der Waals surface area contributed by atoms with Crippen LogP contribution in [0.25, 0.3) is 11.1 Å². The van der Waals surface area contributed by atoms with Gasteiger partial charge in [-0.1, -0.05) is 54.1 Å². The molecule has 0 saturated heterocycles. The molecule has 0 aliphatic carbocycles. The van der Waals surface area contributed by atoms with E-state index in [1.54, 1.807) is 31.2 Å². The maximum absolute atomic E-state index is 12.5. The summed E-state index contributed by atoms with van der Waals surface area (Å²) in [7, 11) is -3.64. The summed E-state index contributed by atoms with van der Waals surface area (Å²) in [6.45, 7) is 1.77. The highest BCUT2D eigenvalue weighted by molar-refractivity contribution is 7.92. The first-order chi connectivity index (χ1) is 11.5. The second-order valence-corrected chi connectivity index (χ2v) is 7.55. The van der Waals surface area contributed by atoms with Gasteiger partial charge in [-0.05, 0) is 53.9 Å². The lowest BCUT2D eigenvalue weighted by atomic mass is 10.1. The first-order valence-electron chi connectivity index (χ1n) is 7.40. The van der Waals surface area contributed by atoms with E-state index in [-0.39, 0.29) is 4.90 Å². The number of hydrogen-bond acceptors (Lipinski definition) is 2. The summed E-state index contributed by atoms with van der Waals surface area (Å²) < 4.78 is 27.5. The average molecular weight is 358 g/mol. The van der Waals surface area contributed by atoms with Gasteiger partial charge >= 0.3 is 0 Å². The molecular weight excluding hydrogens is 342 g/mol. The van der Waals surface area contributed by atoms with Gasteiger partial charge < -0.3 is 0 Å². The molecule has 3 aromatic carbocycles. The Labute approximate surface area is 147 Å². The van der Waals surface area contributed by atoms with Gasteiger partial charge in [-0.3, -0.25) is 4.72 Å². The smallest absolute Gasteiger partial charge is 0.261 e. The highest BCUT2D eigenvalue weighted by Gasteiger charge is 2.15. The van der Waals surface area contributed by atoms with E-state index in [0.29, 0.717) is 10.7 Å². The third kappa shape index (κ3) is 3.61. The fourth-order valence-electron chi connectivity index (χ4n) is 2.36. The Kier molecular flexibility index (Phi) is 4.60. The van der Waals surface area contributed by atoms with Crippen molar-refractivity contribution in [2.45, 2.75) is 11.8 Å². The van der Waals surface area contributed by atoms with Gasteiger partial charge in [0.1, 0.15) is 0 Å². The highest BCUT2D eigenvalue weighted by atomic mass is 35.5. The zero-order valence-corrected chi connectivity index (χ0v) is 14.6. The molecule has 3 nitrogen and oxygen atoms in total. The molecule has 0 bridgehead atoms. The number of rotatable bonds is 4. The first kappa shape index (κ1) is 16.6. The summed E-state index contributed by atoms with van der Waals surface area (Å²) in [4.78, 5) is 0.191. The maximum Gasteiger partial charge on any atom is 0.261 e. The molecule has 0 fully saturated rings. The Morgan fingerprint density at radius 1 is 0.833 bits per heavy atom. The fraction of sp³-hybridized carbons (Fsp3) is 0.0526. The van der Waals surface area contributed by atoms with E-state index in [1.807, 2.05) is 42.5 Å². The molecule has 0 atom stereocenters. The van der Waals surface area contributed by atoms with Gasteiger partial charge in [-0.2, -0.15) is 0 Å². The molecule has 1 N–H and O–H groups in total. The van der Waals surface area contributed by atoms with E-state index in [1.165, 1.54) is 6.07 Å². The lowest BCUT2D eigenvalue weighted by Crippen LogP contribution is -2.13. The van der Waals surface area contributed by atoms with Crippen LogP contribution in [0.1, 0.15) is 5.56 Å². The Hall–Kier alpha value is -2.30. The van der Waals surface area contributed by atoms with Crippen molar-refractivity contribution in [2.75, 3.05) is 4.72 Å². The van der Waals surface area contributed by atoms with Crippen molar-refractivity contribution in [3.05, 3.63) is 83.4 Å². The topological polar surface area (TPSA) is 46.2 Å². The summed E-state index contributed by atoms with van der Waals surface area (Å²) in [5.41, 5.74) is 3.35. The molecule has 0 aromatic heterocycles. The zero-order chi connectivity index (χ0) is 17.2. The minimum Gasteiger partial charge on any atom is -0.280 e. The predicted molar refractivity (Wildman–Crippen MR) is 98.9 cm³/mol. The van der Waals surface area contributed by atoms with Crippen molar-refractivity contribution in [1.29, 1.82) is 0 Å².